The Morgan fingerprint density at radius 1 is 1.08 bits per heavy atom. The number of methoxy groups -OCH3 is 1. The van der Waals surface area contributed by atoms with Crippen LogP contribution in [0, 0.1) is 5.41 Å². The third-order valence-corrected chi connectivity index (χ3v) is 4.20. The number of benzene rings is 2. The average Bonchev–Trinajstić information content (AvgIpc) is 2.65. The van der Waals surface area contributed by atoms with Gasteiger partial charge in [0, 0.05) is 0 Å². The number of ether oxygens (including phenoxy) is 2. The van der Waals surface area contributed by atoms with Crippen molar-refractivity contribution in [1.82, 2.24) is 5.32 Å². The molecular weight excluding hydrogens is 334 g/mol. The van der Waals surface area contributed by atoms with Gasteiger partial charge in [-0.3, -0.25) is 4.79 Å². The molecule has 0 heterocycles. The van der Waals surface area contributed by atoms with Crippen molar-refractivity contribution in [2.45, 2.75) is 26.5 Å². The van der Waals surface area contributed by atoms with Gasteiger partial charge >= 0.3 is 12.1 Å². The van der Waals surface area contributed by atoms with E-state index >= 15 is 0 Å². The number of alkyl carbamates (subject to hydrolysis) is 1. The molecule has 0 aliphatic heterocycles. The van der Waals surface area contributed by atoms with Gasteiger partial charge in [0.25, 0.3) is 0 Å². The lowest BCUT2D eigenvalue weighted by Gasteiger charge is -2.31. The maximum absolute atomic E-state index is 12.2. The maximum atomic E-state index is 12.2. The van der Waals surface area contributed by atoms with E-state index in [0.29, 0.717) is 11.3 Å². The van der Waals surface area contributed by atoms with E-state index in [0.717, 1.165) is 5.56 Å². The Morgan fingerprint density at radius 3 is 2.23 bits per heavy atom. The average molecular weight is 357 g/mol. The lowest BCUT2D eigenvalue weighted by atomic mass is 9.80. The molecule has 0 unspecified atom stereocenters. The smallest absolute Gasteiger partial charge is 0.407 e. The SMILES string of the molecule is COc1ccc([C@H](NC(=O)OCc2ccccc2)C(C)(C)C(=O)O)cc1. The number of carbonyl (C=O) groups is 2. The fraction of sp³-hybridized carbons (Fsp3) is 0.300. The Morgan fingerprint density at radius 2 is 1.69 bits per heavy atom. The molecular formula is C20H23NO5. The Bertz CT molecular complexity index is 741. The molecule has 0 radical (unpaired) electrons. The summed E-state index contributed by atoms with van der Waals surface area (Å²) in [6.45, 7) is 3.22. The van der Waals surface area contributed by atoms with Crippen molar-refractivity contribution in [3.05, 3.63) is 65.7 Å². The number of amides is 1. The fourth-order valence-electron chi connectivity index (χ4n) is 2.48. The van der Waals surface area contributed by atoms with Crippen molar-refractivity contribution in [1.29, 1.82) is 0 Å². The highest BCUT2D eigenvalue weighted by molar-refractivity contribution is 5.77. The standard InChI is InChI=1S/C20H23NO5/c1-20(2,18(22)23)17(15-9-11-16(25-3)12-10-15)21-19(24)26-13-14-7-5-4-6-8-14/h4-12,17H,13H2,1-3H3,(H,21,24)(H,22,23)/t17-/m0/s1. The molecule has 0 saturated carbocycles. The Hall–Kier alpha value is -3.02. The van der Waals surface area contributed by atoms with E-state index in [1.807, 2.05) is 30.3 Å². The number of carboxylic acids is 1. The normalized spacial score (nSPS) is 12.1. The second-order valence-electron chi connectivity index (χ2n) is 6.44. The van der Waals surface area contributed by atoms with Crippen LogP contribution in [0.3, 0.4) is 0 Å². The second-order valence-corrected chi connectivity index (χ2v) is 6.44. The van der Waals surface area contributed by atoms with Crippen LogP contribution in [-0.4, -0.2) is 24.3 Å². The van der Waals surface area contributed by atoms with E-state index in [1.54, 1.807) is 45.2 Å². The zero-order chi connectivity index (χ0) is 19.2. The topological polar surface area (TPSA) is 84.9 Å². The molecule has 0 aliphatic carbocycles. The third kappa shape index (κ3) is 4.75. The molecule has 0 bridgehead atoms. The van der Waals surface area contributed by atoms with Gasteiger partial charge in [0.05, 0.1) is 18.6 Å². The first-order valence-electron chi connectivity index (χ1n) is 8.19. The molecule has 0 saturated heterocycles. The van der Waals surface area contributed by atoms with Gasteiger partial charge in [-0.1, -0.05) is 42.5 Å². The summed E-state index contributed by atoms with van der Waals surface area (Å²) in [5, 5.41) is 12.3. The summed E-state index contributed by atoms with van der Waals surface area (Å²) in [7, 11) is 1.55. The predicted octanol–water partition coefficient (Wildman–Crippen LogP) is 3.77. The summed E-state index contributed by atoms with van der Waals surface area (Å²) in [4.78, 5) is 23.9. The van der Waals surface area contributed by atoms with E-state index in [-0.39, 0.29) is 6.61 Å². The van der Waals surface area contributed by atoms with Crippen LogP contribution in [0.1, 0.15) is 31.0 Å². The molecule has 2 aromatic carbocycles. The molecule has 0 spiro atoms. The molecule has 6 nitrogen and oxygen atoms in total. The van der Waals surface area contributed by atoms with Gasteiger partial charge in [-0.25, -0.2) is 4.79 Å². The Labute approximate surface area is 152 Å². The molecule has 2 rings (SSSR count). The van der Waals surface area contributed by atoms with Gasteiger partial charge in [-0.15, -0.1) is 0 Å². The van der Waals surface area contributed by atoms with Crippen LogP contribution in [0.2, 0.25) is 0 Å². The summed E-state index contributed by atoms with van der Waals surface area (Å²) >= 11 is 0. The van der Waals surface area contributed by atoms with Gasteiger partial charge < -0.3 is 19.9 Å². The number of carbonyl (C=O) groups excluding carboxylic acids is 1. The van der Waals surface area contributed by atoms with Crippen LogP contribution >= 0.6 is 0 Å². The van der Waals surface area contributed by atoms with Crippen molar-refractivity contribution < 1.29 is 24.2 Å². The van der Waals surface area contributed by atoms with Crippen LogP contribution in [0.4, 0.5) is 4.79 Å². The highest BCUT2D eigenvalue weighted by Gasteiger charge is 2.39. The van der Waals surface area contributed by atoms with Crippen molar-refractivity contribution in [3.8, 4) is 5.75 Å². The summed E-state index contributed by atoms with van der Waals surface area (Å²) in [6.07, 6.45) is -0.677. The quantitative estimate of drug-likeness (QED) is 0.788. The van der Waals surface area contributed by atoms with Gasteiger partial charge in [0.15, 0.2) is 0 Å². The highest BCUT2D eigenvalue weighted by atomic mass is 16.5. The molecule has 26 heavy (non-hydrogen) atoms. The molecule has 0 fully saturated rings. The van der Waals surface area contributed by atoms with Gasteiger partial charge in [0.1, 0.15) is 12.4 Å². The zero-order valence-electron chi connectivity index (χ0n) is 15.1. The second kappa shape index (κ2) is 8.38. The first-order chi connectivity index (χ1) is 12.3. The maximum Gasteiger partial charge on any atom is 0.407 e. The number of aliphatic carboxylic acids is 1. The summed E-state index contributed by atoms with van der Waals surface area (Å²) in [6, 6.07) is 15.4. The van der Waals surface area contributed by atoms with Crippen molar-refractivity contribution >= 4 is 12.1 Å². The van der Waals surface area contributed by atoms with Crippen LogP contribution in [0.5, 0.6) is 5.75 Å². The van der Waals surface area contributed by atoms with E-state index in [4.69, 9.17) is 9.47 Å². The van der Waals surface area contributed by atoms with E-state index in [2.05, 4.69) is 5.32 Å². The van der Waals surface area contributed by atoms with Gasteiger partial charge in [-0.05, 0) is 37.1 Å². The van der Waals surface area contributed by atoms with Crippen molar-refractivity contribution in [3.63, 3.8) is 0 Å². The van der Waals surface area contributed by atoms with E-state index < -0.39 is 23.5 Å². The number of carboxylic acid groups (broad SMARTS) is 1. The monoisotopic (exact) mass is 357 g/mol. The highest BCUT2D eigenvalue weighted by Crippen LogP contribution is 2.34. The van der Waals surface area contributed by atoms with Gasteiger partial charge in [0.2, 0.25) is 0 Å². The molecule has 6 heteroatoms. The summed E-state index contributed by atoms with van der Waals surface area (Å²) in [5.41, 5.74) is 0.261. The first kappa shape index (κ1) is 19.3. The predicted molar refractivity (Wildman–Crippen MR) is 96.9 cm³/mol. The van der Waals surface area contributed by atoms with E-state index in [1.165, 1.54) is 0 Å². The van der Waals surface area contributed by atoms with E-state index in [9.17, 15) is 14.7 Å². The third-order valence-electron chi connectivity index (χ3n) is 4.20. The molecule has 2 aromatic rings. The number of nitrogens with one attached hydrogen (secondary N) is 1. The zero-order valence-corrected chi connectivity index (χ0v) is 15.1. The molecule has 1 amide bonds. The van der Waals surface area contributed by atoms with Gasteiger partial charge in [-0.2, -0.15) is 0 Å². The van der Waals surface area contributed by atoms with Crippen LogP contribution in [0.25, 0.3) is 0 Å². The molecule has 0 aliphatic rings. The minimum absolute atomic E-state index is 0.107. The Kier molecular flexibility index (Phi) is 6.22. The number of hydrogen-bond acceptors (Lipinski definition) is 4. The molecule has 2 N–H and O–H groups in total. The van der Waals surface area contributed by atoms with Crippen molar-refractivity contribution in [2.75, 3.05) is 7.11 Å². The van der Waals surface area contributed by atoms with Crippen LogP contribution in [-0.2, 0) is 16.1 Å². The molecule has 0 aromatic heterocycles. The first-order valence-corrected chi connectivity index (χ1v) is 8.19. The lowest BCUT2D eigenvalue weighted by Crippen LogP contribution is -2.42. The lowest BCUT2D eigenvalue weighted by molar-refractivity contribution is -0.148. The van der Waals surface area contributed by atoms with Crippen molar-refractivity contribution in [2.24, 2.45) is 5.41 Å². The minimum atomic E-state index is -1.24. The van der Waals surface area contributed by atoms with Crippen LogP contribution in [0.15, 0.2) is 54.6 Å². The summed E-state index contributed by atoms with van der Waals surface area (Å²) in [5.74, 6) is -0.381. The Balaban J connectivity index is 2.15. The minimum Gasteiger partial charge on any atom is -0.497 e. The number of hydrogen-bond donors (Lipinski definition) is 2. The number of rotatable bonds is 7. The summed E-state index contributed by atoms with van der Waals surface area (Å²) < 4.78 is 10.4. The largest absolute Gasteiger partial charge is 0.497 e. The molecule has 138 valence electrons. The fourth-order valence-corrected chi connectivity index (χ4v) is 2.48. The molecule has 1 atom stereocenters. The van der Waals surface area contributed by atoms with Crippen LogP contribution < -0.4 is 10.1 Å².